The van der Waals surface area contributed by atoms with Crippen LogP contribution >= 0.6 is 23.2 Å². The van der Waals surface area contributed by atoms with Gasteiger partial charge in [0.25, 0.3) is 10.1 Å². The number of rotatable bonds is 3. The third kappa shape index (κ3) is 3.60. The lowest BCUT2D eigenvalue weighted by atomic mass is 10.1. The molecule has 68 valence electrons. The highest BCUT2D eigenvalue weighted by molar-refractivity contribution is 7.86. The van der Waals surface area contributed by atoms with Crippen molar-refractivity contribution in [1.29, 1.82) is 0 Å². The fraction of sp³-hybridized carbons (Fsp3) is 1.00. The molecule has 0 rings (SSSR count). The molecular formula is C5H10Cl2O3S. The molecule has 0 aromatic heterocycles. The van der Waals surface area contributed by atoms with Crippen molar-refractivity contribution in [3.8, 4) is 0 Å². The summed E-state index contributed by atoms with van der Waals surface area (Å²) < 4.78 is 29.8. The van der Waals surface area contributed by atoms with E-state index in [1.165, 1.54) is 0 Å². The van der Waals surface area contributed by atoms with Gasteiger partial charge in [-0.15, -0.1) is 23.2 Å². The van der Waals surface area contributed by atoms with Crippen LogP contribution in [0.5, 0.6) is 0 Å². The van der Waals surface area contributed by atoms with Crippen molar-refractivity contribution >= 4 is 33.3 Å². The van der Waals surface area contributed by atoms with Gasteiger partial charge in [0.05, 0.1) is 0 Å². The van der Waals surface area contributed by atoms with E-state index in [0.717, 1.165) is 0 Å². The molecule has 11 heavy (non-hydrogen) atoms. The molecule has 0 heterocycles. The van der Waals surface area contributed by atoms with Gasteiger partial charge in [-0.2, -0.15) is 8.42 Å². The highest BCUT2D eigenvalue weighted by atomic mass is 35.5. The van der Waals surface area contributed by atoms with E-state index < -0.39 is 20.2 Å². The van der Waals surface area contributed by atoms with Crippen molar-refractivity contribution in [1.82, 2.24) is 0 Å². The predicted molar refractivity (Wildman–Crippen MR) is 45.7 cm³/mol. The topological polar surface area (TPSA) is 54.4 Å². The SMILES string of the molecule is CC(C)C(C(Cl)Cl)S(=O)(=O)O. The van der Waals surface area contributed by atoms with Crippen molar-refractivity contribution in [2.45, 2.75) is 23.9 Å². The van der Waals surface area contributed by atoms with Crippen LogP contribution in [0.15, 0.2) is 0 Å². The molecule has 0 amide bonds. The summed E-state index contributed by atoms with van der Waals surface area (Å²) in [5, 5.41) is -1.11. The Labute approximate surface area is 76.4 Å². The molecule has 0 fully saturated rings. The van der Waals surface area contributed by atoms with E-state index in [1.54, 1.807) is 13.8 Å². The number of alkyl halides is 2. The van der Waals surface area contributed by atoms with Crippen LogP contribution < -0.4 is 0 Å². The Morgan fingerprint density at radius 1 is 1.27 bits per heavy atom. The molecule has 1 atom stereocenters. The molecule has 0 saturated heterocycles. The number of halogens is 2. The predicted octanol–water partition coefficient (Wildman–Crippen LogP) is 1.70. The smallest absolute Gasteiger partial charge is 0.270 e. The molecule has 0 aromatic rings. The fourth-order valence-corrected chi connectivity index (χ4v) is 3.07. The molecule has 0 aliphatic rings. The van der Waals surface area contributed by atoms with Crippen LogP contribution in [0.25, 0.3) is 0 Å². The first kappa shape index (κ1) is 11.5. The van der Waals surface area contributed by atoms with Crippen LogP contribution in [0.1, 0.15) is 13.8 Å². The molecule has 1 unspecified atom stereocenters. The van der Waals surface area contributed by atoms with Gasteiger partial charge in [0.2, 0.25) is 0 Å². The van der Waals surface area contributed by atoms with Gasteiger partial charge < -0.3 is 0 Å². The van der Waals surface area contributed by atoms with Crippen LogP contribution in [-0.4, -0.2) is 23.1 Å². The minimum atomic E-state index is -4.13. The van der Waals surface area contributed by atoms with Crippen molar-refractivity contribution < 1.29 is 13.0 Å². The van der Waals surface area contributed by atoms with E-state index in [2.05, 4.69) is 0 Å². The molecule has 0 aromatic carbocycles. The maximum Gasteiger partial charge on any atom is 0.270 e. The Hall–Kier alpha value is 0.490. The van der Waals surface area contributed by atoms with Gasteiger partial charge in [-0.3, -0.25) is 4.55 Å². The van der Waals surface area contributed by atoms with Crippen molar-refractivity contribution in [2.75, 3.05) is 0 Å². The quantitative estimate of drug-likeness (QED) is 0.582. The highest BCUT2D eigenvalue weighted by Crippen LogP contribution is 2.22. The summed E-state index contributed by atoms with van der Waals surface area (Å²) in [4.78, 5) is -1.09. The van der Waals surface area contributed by atoms with Gasteiger partial charge in [-0.05, 0) is 5.92 Å². The Morgan fingerprint density at radius 2 is 1.64 bits per heavy atom. The number of hydrogen-bond donors (Lipinski definition) is 1. The van der Waals surface area contributed by atoms with E-state index in [9.17, 15) is 8.42 Å². The van der Waals surface area contributed by atoms with E-state index in [4.69, 9.17) is 27.8 Å². The average molecular weight is 221 g/mol. The third-order valence-corrected chi connectivity index (χ3v) is 3.60. The second-order valence-corrected chi connectivity index (χ2v) is 5.30. The van der Waals surface area contributed by atoms with Crippen molar-refractivity contribution in [3.05, 3.63) is 0 Å². The molecular weight excluding hydrogens is 211 g/mol. The monoisotopic (exact) mass is 220 g/mol. The van der Waals surface area contributed by atoms with Crippen LogP contribution in [0.2, 0.25) is 0 Å². The molecule has 0 radical (unpaired) electrons. The lowest BCUT2D eigenvalue weighted by molar-refractivity contribution is 0.447. The maximum atomic E-state index is 10.6. The molecule has 6 heteroatoms. The minimum absolute atomic E-state index is 0.301. The summed E-state index contributed by atoms with van der Waals surface area (Å²) in [6.45, 7) is 3.24. The first-order valence-corrected chi connectivity index (χ1v) is 5.39. The Morgan fingerprint density at radius 3 is 1.64 bits per heavy atom. The lowest BCUT2D eigenvalue weighted by Crippen LogP contribution is -2.32. The summed E-state index contributed by atoms with van der Waals surface area (Å²) in [7, 11) is -4.13. The standard InChI is InChI=1S/C5H10Cl2O3S/c1-3(2)4(5(6)7)11(8,9)10/h3-5H,1-2H3,(H,8,9,10). The minimum Gasteiger partial charge on any atom is -0.285 e. The summed E-state index contributed by atoms with van der Waals surface area (Å²) >= 11 is 10.7. The summed E-state index contributed by atoms with van der Waals surface area (Å²) in [5.74, 6) is -0.301. The second kappa shape index (κ2) is 3.94. The average Bonchev–Trinajstić information content (AvgIpc) is 1.54. The van der Waals surface area contributed by atoms with Crippen molar-refractivity contribution in [3.63, 3.8) is 0 Å². The summed E-state index contributed by atoms with van der Waals surface area (Å²) in [6, 6.07) is 0. The molecule has 0 spiro atoms. The first-order chi connectivity index (χ1) is 4.76. The molecule has 1 N–H and O–H groups in total. The molecule has 0 aliphatic heterocycles. The molecule has 0 aliphatic carbocycles. The largest absolute Gasteiger partial charge is 0.285 e. The van der Waals surface area contributed by atoms with Crippen LogP contribution in [0.4, 0.5) is 0 Å². The first-order valence-electron chi connectivity index (χ1n) is 3.01. The fourth-order valence-electron chi connectivity index (χ4n) is 0.765. The Balaban J connectivity index is 4.64. The zero-order chi connectivity index (χ0) is 9.23. The van der Waals surface area contributed by atoms with Crippen LogP contribution in [0, 0.1) is 5.92 Å². The normalized spacial score (nSPS) is 15.9. The van der Waals surface area contributed by atoms with Gasteiger partial charge in [0, 0.05) is 0 Å². The van der Waals surface area contributed by atoms with Gasteiger partial charge in [-0.1, -0.05) is 13.8 Å². The van der Waals surface area contributed by atoms with Gasteiger partial charge in [0.1, 0.15) is 10.1 Å². The van der Waals surface area contributed by atoms with Crippen molar-refractivity contribution in [2.24, 2.45) is 5.92 Å². The van der Waals surface area contributed by atoms with Crippen LogP contribution in [-0.2, 0) is 10.1 Å². The summed E-state index contributed by atoms with van der Waals surface area (Å²) in [6.07, 6.45) is 0. The molecule has 0 bridgehead atoms. The maximum absolute atomic E-state index is 10.6. The van der Waals surface area contributed by atoms with E-state index in [-0.39, 0.29) is 5.92 Å². The second-order valence-electron chi connectivity index (χ2n) is 2.56. The van der Waals surface area contributed by atoms with Gasteiger partial charge in [-0.25, -0.2) is 0 Å². The van der Waals surface area contributed by atoms with E-state index >= 15 is 0 Å². The zero-order valence-corrected chi connectivity index (χ0v) is 8.49. The molecule has 3 nitrogen and oxygen atoms in total. The third-order valence-electron chi connectivity index (χ3n) is 1.25. The Kier molecular flexibility index (Phi) is 4.11. The van der Waals surface area contributed by atoms with E-state index in [1.807, 2.05) is 0 Å². The molecule has 0 saturated carbocycles. The number of hydrogen-bond acceptors (Lipinski definition) is 2. The Bertz CT molecular complexity index is 202. The van der Waals surface area contributed by atoms with E-state index in [0.29, 0.717) is 0 Å². The summed E-state index contributed by atoms with van der Waals surface area (Å²) in [5.41, 5.74) is 0. The van der Waals surface area contributed by atoms with Gasteiger partial charge in [0.15, 0.2) is 0 Å². The zero-order valence-electron chi connectivity index (χ0n) is 6.16. The highest BCUT2D eigenvalue weighted by Gasteiger charge is 2.32. The lowest BCUT2D eigenvalue weighted by Gasteiger charge is -2.17. The van der Waals surface area contributed by atoms with Gasteiger partial charge >= 0.3 is 0 Å². The van der Waals surface area contributed by atoms with Crippen LogP contribution in [0.3, 0.4) is 0 Å².